The van der Waals surface area contributed by atoms with Crippen molar-refractivity contribution in [3.05, 3.63) is 52.0 Å². The first-order chi connectivity index (χ1) is 9.13. The molecule has 1 atom stereocenters. The van der Waals surface area contributed by atoms with Gasteiger partial charge in [0.15, 0.2) is 0 Å². The predicted molar refractivity (Wildman–Crippen MR) is 77.2 cm³/mol. The quantitative estimate of drug-likeness (QED) is 0.817. The normalized spacial score (nSPS) is 12.7. The lowest BCUT2D eigenvalue weighted by Crippen LogP contribution is -2.22. The minimum absolute atomic E-state index is 0.218. The molecule has 0 fully saturated rings. The van der Waals surface area contributed by atoms with Crippen molar-refractivity contribution in [1.29, 1.82) is 0 Å². The number of hydrogen-bond acceptors (Lipinski definition) is 3. The Balaban J connectivity index is 2.17. The lowest BCUT2D eigenvalue weighted by Gasteiger charge is -2.24. The topological polar surface area (TPSA) is 12.5 Å². The molecule has 1 unspecified atom stereocenters. The van der Waals surface area contributed by atoms with E-state index in [0.29, 0.717) is 17.9 Å². The highest BCUT2D eigenvalue weighted by Gasteiger charge is 2.17. The van der Waals surface area contributed by atoms with Gasteiger partial charge in [-0.3, -0.25) is 4.90 Å². The third-order valence-corrected chi connectivity index (χ3v) is 4.36. The van der Waals surface area contributed by atoms with E-state index in [2.05, 4.69) is 23.3 Å². The van der Waals surface area contributed by atoms with Crippen LogP contribution in [-0.4, -0.2) is 19.1 Å². The predicted octanol–water partition coefficient (Wildman–Crippen LogP) is 4.09. The third kappa shape index (κ3) is 3.14. The molecule has 0 amide bonds. The Hall–Kier alpha value is -1.39. The van der Waals surface area contributed by atoms with Crippen LogP contribution in [0, 0.1) is 5.82 Å². The van der Waals surface area contributed by atoms with E-state index >= 15 is 0 Å². The van der Waals surface area contributed by atoms with Crippen LogP contribution in [0.3, 0.4) is 0 Å². The summed E-state index contributed by atoms with van der Waals surface area (Å²) in [6, 6.07) is 9.33. The molecule has 1 aromatic carbocycles. The molecule has 0 aliphatic heterocycles. The Morgan fingerprint density at radius 1 is 1.32 bits per heavy atom. The molecule has 0 aliphatic rings. The maximum atomic E-state index is 13.9. The van der Waals surface area contributed by atoms with Gasteiger partial charge in [0.1, 0.15) is 11.6 Å². The van der Waals surface area contributed by atoms with E-state index in [4.69, 9.17) is 4.74 Å². The van der Waals surface area contributed by atoms with E-state index < -0.39 is 0 Å². The van der Waals surface area contributed by atoms with Crippen molar-refractivity contribution in [3.63, 3.8) is 0 Å². The van der Waals surface area contributed by atoms with Gasteiger partial charge in [-0.15, -0.1) is 11.3 Å². The van der Waals surface area contributed by atoms with Crippen molar-refractivity contribution in [1.82, 2.24) is 4.90 Å². The summed E-state index contributed by atoms with van der Waals surface area (Å²) in [5.74, 6) is 0.384. The maximum Gasteiger partial charge on any atom is 0.131 e. The van der Waals surface area contributed by atoms with Crippen molar-refractivity contribution in [3.8, 4) is 5.75 Å². The summed E-state index contributed by atoms with van der Waals surface area (Å²) in [5, 5.41) is 2.06. The summed E-state index contributed by atoms with van der Waals surface area (Å²) in [6.45, 7) is 2.65. The monoisotopic (exact) mass is 279 g/mol. The fourth-order valence-electron chi connectivity index (χ4n) is 2.02. The molecule has 2 nitrogen and oxygen atoms in total. The minimum atomic E-state index is -0.218. The van der Waals surface area contributed by atoms with Gasteiger partial charge in [-0.1, -0.05) is 12.1 Å². The highest BCUT2D eigenvalue weighted by molar-refractivity contribution is 7.10. The molecule has 0 aliphatic carbocycles. The van der Waals surface area contributed by atoms with Crippen LogP contribution >= 0.6 is 11.3 Å². The number of nitrogens with zero attached hydrogens (tertiary/aromatic N) is 1. The van der Waals surface area contributed by atoms with Gasteiger partial charge in [0.25, 0.3) is 0 Å². The lowest BCUT2D eigenvalue weighted by atomic mass is 10.1. The molecule has 0 saturated carbocycles. The Kier molecular flexibility index (Phi) is 4.56. The summed E-state index contributed by atoms with van der Waals surface area (Å²) >= 11 is 1.72. The van der Waals surface area contributed by atoms with Crippen LogP contribution in [0.5, 0.6) is 5.75 Å². The smallest absolute Gasteiger partial charge is 0.131 e. The standard InChI is InChI=1S/C15H18FNOS/c1-11(15-8-5-9-19-15)17(2)10-12-13(16)6-4-7-14(12)18-3/h4-9,11H,10H2,1-3H3. The second-order valence-corrected chi connectivity index (χ2v) is 5.51. The second kappa shape index (κ2) is 6.17. The van der Waals surface area contributed by atoms with Crippen LogP contribution in [0.15, 0.2) is 35.7 Å². The van der Waals surface area contributed by atoms with Gasteiger partial charge in [-0.05, 0) is 37.6 Å². The Morgan fingerprint density at radius 3 is 2.74 bits per heavy atom. The van der Waals surface area contributed by atoms with E-state index in [1.54, 1.807) is 30.6 Å². The summed E-state index contributed by atoms with van der Waals surface area (Å²) < 4.78 is 19.1. The first-order valence-corrected chi connectivity index (χ1v) is 7.06. The zero-order chi connectivity index (χ0) is 13.8. The number of hydrogen-bond donors (Lipinski definition) is 0. The Morgan fingerprint density at radius 2 is 2.11 bits per heavy atom. The SMILES string of the molecule is COc1cccc(F)c1CN(C)C(C)c1cccs1. The van der Waals surface area contributed by atoms with Crippen LogP contribution in [0.1, 0.15) is 23.4 Å². The van der Waals surface area contributed by atoms with Crippen LogP contribution in [-0.2, 0) is 6.54 Å². The lowest BCUT2D eigenvalue weighted by molar-refractivity contribution is 0.248. The highest BCUT2D eigenvalue weighted by atomic mass is 32.1. The van der Waals surface area contributed by atoms with Crippen molar-refractivity contribution in [2.45, 2.75) is 19.5 Å². The average molecular weight is 279 g/mol. The first kappa shape index (κ1) is 14.0. The molecule has 1 aromatic heterocycles. The van der Waals surface area contributed by atoms with E-state index in [9.17, 15) is 4.39 Å². The van der Waals surface area contributed by atoms with Gasteiger partial charge in [-0.2, -0.15) is 0 Å². The first-order valence-electron chi connectivity index (χ1n) is 6.18. The summed E-state index contributed by atoms with van der Waals surface area (Å²) in [7, 11) is 3.57. The number of methoxy groups -OCH3 is 1. The molecular formula is C15H18FNOS. The van der Waals surface area contributed by atoms with Gasteiger partial charge < -0.3 is 4.74 Å². The van der Waals surface area contributed by atoms with Crippen LogP contribution in [0.25, 0.3) is 0 Å². The molecule has 4 heteroatoms. The molecule has 0 N–H and O–H groups in total. The molecule has 0 spiro atoms. The van der Waals surface area contributed by atoms with E-state index in [-0.39, 0.29) is 11.9 Å². The van der Waals surface area contributed by atoms with E-state index in [1.165, 1.54) is 10.9 Å². The molecular weight excluding hydrogens is 261 g/mol. The van der Waals surface area contributed by atoms with Crippen molar-refractivity contribution in [2.75, 3.05) is 14.2 Å². The maximum absolute atomic E-state index is 13.9. The zero-order valence-corrected chi connectivity index (χ0v) is 12.2. The van der Waals surface area contributed by atoms with Gasteiger partial charge in [-0.25, -0.2) is 4.39 Å². The Labute approximate surface area is 117 Å². The number of thiophene rings is 1. The molecule has 0 radical (unpaired) electrons. The van der Waals surface area contributed by atoms with Crippen molar-refractivity contribution >= 4 is 11.3 Å². The van der Waals surface area contributed by atoms with E-state index in [0.717, 1.165) is 0 Å². The molecule has 2 aromatic rings. The van der Waals surface area contributed by atoms with Gasteiger partial charge in [0.2, 0.25) is 0 Å². The molecule has 0 bridgehead atoms. The van der Waals surface area contributed by atoms with Crippen molar-refractivity contribution < 1.29 is 9.13 Å². The van der Waals surface area contributed by atoms with Crippen LogP contribution in [0.2, 0.25) is 0 Å². The summed E-state index contributed by atoms with van der Waals surface area (Å²) in [5.41, 5.74) is 0.607. The fraction of sp³-hybridized carbons (Fsp3) is 0.333. The highest BCUT2D eigenvalue weighted by Crippen LogP contribution is 2.28. The molecule has 102 valence electrons. The van der Waals surface area contributed by atoms with Gasteiger partial charge in [0.05, 0.1) is 7.11 Å². The summed E-state index contributed by atoms with van der Waals surface area (Å²) in [4.78, 5) is 3.39. The molecule has 0 saturated heterocycles. The summed E-state index contributed by atoms with van der Waals surface area (Å²) in [6.07, 6.45) is 0. The number of halogens is 1. The van der Waals surface area contributed by atoms with Gasteiger partial charge >= 0.3 is 0 Å². The third-order valence-electron chi connectivity index (χ3n) is 3.32. The van der Waals surface area contributed by atoms with Crippen molar-refractivity contribution in [2.24, 2.45) is 0 Å². The Bertz CT molecular complexity index is 527. The largest absolute Gasteiger partial charge is 0.496 e. The molecule has 1 heterocycles. The molecule has 2 rings (SSSR count). The fourth-order valence-corrected chi connectivity index (χ4v) is 2.86. The zero-order valence-electron chi connectivity index (χ0n) is 11.4. The minimum Gasteiger partial charge on any atom is -0.496 e. The van der Waals surface area contributed by atoms with Crippen LogP contribution < -0.4 is 4.74 Å². The average Bonchev–Trinajstić information content (AvgIpc) is 2.94. The number of ether oxygens (including phenoxy) is 1. The second-order valence-electron chi connectivity index (χ2n) is 4.53. The molecule has 19 heavy (non-hydrogen) atoms. The van der Waals surface area contributed by atoms with Crippen LogP contribution in [0.4, 0.5) is 4.39 Å². The van der Waals surface area contributed by atoms with E-state index in [1.807, 2.05) is 13.1 Å². The number of rotatable bonds is 5. The number of benzene rings is 1. The van der Waals surface area contributed by atoms with Gasteiger partial charge in [0, 0.05) is 23.0 Å².